The maximum absolute atomic E-state index is 12.2. The van der Waals surface area contributed by atoms with E-state index < -0.39 is 6.61 Å². The lowest BCUT2D eigenvalue weighted by Crippen LogP contribution is -2.39. The van der Waals surface area contributed by atoms with Gasteiger partial charge in [-0.25, -0.2) is 0 Å². The van der Waals surface area contributed by atoms with Crippen LogP contribution in [0.15, 0.2) is 18.2 Å². The molecule has 0 saturated carbocycles. The van der Waals surface area contributed by atoms with Gasteiger partial charge in [0.05, 0.1) is 11.6 Å². The van der Waals surface area contributed by atoms with Gasteiger partial charge >= 0.3 is 6.61 Å². The molecule has 1 fully saturated rings. The number of halogens is 3. The van der Waals surface area contributed by atoms with Gasteiger partial charge in [-0.3, -0.25) is 9.69 Å². The molecular weight excluding hydrogens is 352 g/mol. The van der Waals surface area contributed by atoms with E-state index in [-0.39, 0.29) is 16.7 Å². The van der Waals surface area contributed by atoms with E-state index in [2.05, 4.69) is 20.3 Å². The molecule has 2 rings (SSSR count). The molecule has 140 valence electrons. The van der Waals surface area contributed by atoms with E-state index in [0.717, 1.165) is 32.5 Å². The van der Waals surface area contributed by atoms with Crippen LogP contribution in [-0.4, -0.2) is 50.6 Å². The zero-order valence-electron chi connectivity index (χ0n) is 14.2. The first-order valence-electron chi connectivity index (χ1n) is 8.39. The minimum absolute atomic E-state index is 0.0310. The van der Waals surface area contributed by atoms with E-state index in [1.165, 1.54) is 24.6 Å². The maximum Gasteiger partial charge on any atom is 0.387 e. The first kappa shape index (κ1) is 19.9. The number of nitrogens with one attached hydrogen (secondary N) is 2. The van der Waals surface area contributed by atoms with Crippen molar-refractivity contribution >= 4 is 23.2 Å². The molecule has 8 heteroatoms. The van der Waals surface area contributed by atoms with E-state index in [1.807, 2.05) is 7.05 Å². The summed E-state index contributed by atoms with van der Waals surface area (Å²) in [7, 11) is 1.96. The smallest absolute Gasteiger partial charge is 0.387 e. The number of piperidine rings is 1. The van der Waals surface area contributed by atoms with Crippen LogP contribution >= 0.6 is 11.6 Å². The topological polar surface area (TPSA) is 53.6 Å². The summed E-state index contributed by atoms with van der Waals surface area (Å²) in [5.74, 6) is 0.457. The normalized spacial score (nSPS) is 16.2. The summed E-state index contributed by atoms with van der Waals surface area (Å²) in [6, 6.07) is 4.21. The number of anilines is 1. The molecule has 1 aliphatic heterocycles. The van der Waals surface area contributed by atoms with Crippen LogP contribution < -0.4 is 15.4 Å². The van der Waals surface area contributed by atoms with Gasteiger partial charge in [0.1, 0.15) is 5.75 Å². The summed E-state index contributed by atoms with van der Waals surface area (Å²) >= 11 is 5.88. The Morgan fingerprint density at radius 3 is 2.72 bits per heavy atom. The lowest BCUT2D eigenvalue weighted by atomic mass is 9.93. The van der Waals surface area contributed by atoms with Gasteiger partial charge in [0.15, 0.2) is 0 Å². The number of likely N-dealkylation sites (tertiary alicyclic amines) is 1. The number of amides is 1. The van der Waals surface area contributed by atoms with Gasteiger partial charge in [0.2, 0.25) is 5.91 Å². The molecule has 1 heterocycles. The fourth-order valence-corrected chi connectivity index (χ4v) is 3.18. The molecule has 0 bridgehead atoms. The molecule has 0 aromatic heterocycles. The van der Waals surface area contributed by atoms with E-state index in [9.17, 15) is 13.6 Å². The van der Waals surface area contributed by atoms with Crippen LogP contribution in [0.5, 0.6) is 5.75 Å². The molecule has 0 atom stereocenters. The van der Waals surface area contributed by atoms with Crippen LogP contribution in [0.3, 0.4) is 0 Å². The van der Waals surface area contributed by atoms with Gasteiger partial charge in [-0.05, 0) is 70.1 Å². The van der Waals surface area contributed by atoms with E-state index >= 15 is 0 Å². The average molecular weight is 376 g/mol. The number of carbonyl (C=O) groups is 1. The van der Waals surface area contributed by atoms with Gasteiger partial charge in [-0.2, -0.15) is 8.78 Å². The molecular formula is C17H24ClF2N3O2. The summed E-state index contributed by atoms with van der Waals surface area (Å²) in [6.45, 7) is 0.213. The number of hydrogen-bond acceptors (Lipinski definition) is 4. The summed E-state index contributed by atoms with van der Waals surface area (Å²) < 4.78 is 28.7. The molecule has 1 saturated heterocycles. The molecule has 2 N–H and O–H groups in total. The predicted octanol–water partition coefficient (Wildman–Crippen LogP) is 3.20. The summed E-state index contributed by atoms with van der Waals surface area (Å²) in [5, 5.41) is 5.93. The number of carbonyl (C=O) groups excluding carboxylic acids is 1. The van der Waals surface area contributed by atoms with Crippen LogP contribution in [0, 0.1) is 5.92 Å². The number of rotatable bonds is 8. The Morgan fingerprint density at radius 2 is 2.12 bits per heavy atom. The molecule has 0 aliphatic carbocycles. The van der Waals surface area contributed by atoms with Gasteiger partial charge in [0, 0.05) is 5.69 Å². The van der Waals surface area contributed by atoms with Crippen molar-refractivity contribution in [1.29, 1.82) is 0 Å². The van der Waals surface area contributed by atoms with Crippen molar-refractivity contribution in [2.45, 2.75) is 25.9 Å². The quantitative estimate of drug-likeness (QED) is 0.732. The largest absolute Gasteiger partial charge is 0.433 e. The van der Waals surface area contributed by atoms with Crippen molar-refractivity contribution < 1.29 is 18.3 Å². The highest BCUT2D eigenvalue weighted by molar-refractivity contribution is 6.32. The Morgan fingerprint density at radius 1 is 1.40 bits per heavy atom. The molecule has 1 aliphatic rings. The summed E-state index contributed by atoms with van der Waals surface area (Å²) in [4.78, 5) is 14.3. The Bertz CT molecular complexity index is 567. The Labute approximate surface area is 151 Å². The van der Waals surface area contributed by atoms with Gasteiger partial charge in [-0.1, -0.05) is 11.6 Å². The molecule has 1 aromatic rings. The summed E-state index contributed by atoms with van der Waals surface area (Å²) in [5.41, 5.74) is 0.459. The highest BCUT2D eigenvalue weighted by atomic mass is 35.5. The number of hydrogen-bond donors (Lipinski definition) is 2. The highest BCUT2D eigenvalue weighted by Crippen LogP contribution is 2.29. The standard InChI is InChI=1S/C17H24ClF2N3O2/c1-21-7-4-12-5-8-23(9-6-12)11-16(24)22-13-2-3-15(14(18)10-13)25-17(19)20/h2-3,10,12,17,21H,4-9,11H2,1H3,(H,22,24). The van der Waals surface area contributed by atoms with Crippen LogP contribution in [0.1, 0.15) is 19.3 Å². The van der Waals surface area contributed by atoms with Crippen molar-refractivity contribution in [3.63, 3.8) is 0 Å². The lowest BCUT2D eigenvalue weighted by Gasteiger charge is -2.31. The Hall–Kier alpha value is -1.44. The maximum atomic E-state index is 12.2. The molecule has 1 aromatic carbocycles. The van der Waals surface area contributed by atoms with Crippen LogP contribution in [-0.2, 0) is 4.79 Å². The number of alkyl halides is 2. The molecule has 25 heavy (non-hydrogen) atoms. The predicted molar refractivity (Wildman–Crippen MR) is 94.4 cm³/mol. The third-order valence-corrected chi connectivity index (χ3v) is 4.60. The minimum Gasteiger partial charge on any atom is -0.433 e. The second kappa shape index (κ2) is 9.89. The molecule has 0 radical (unpaired) electrons. The molecule has 0 spiro atoms. The van der Waals surface area contributed by atoms with Crippen molar-refractivity contribution in [2.75, 3.05) is 38.5 Å². The number of benzene rings is 1. The lowest BCUT2D eigenvalue weighted by molar-refractivity contribution is -0.117. The van der Waals surface area contributed by atoms with Gasteiger partial charge < -0.3 is 15.4 Å². The third kappa shape index (κ3) is 6.76. The molecule has 0 unspecified atom stereocenters. The number of nitrogens with zero attached hydrogens (tertiary/aromatic N) is 1. The Kier molecular flexibility index (Phi) is 7.87. The summed E-state index contributed by atoms with van der Waals surface area (Å²) in [6.07, 6.45) is 3.36. The second-order valence-electron chi connectivity index (χ2n) is 6.18. The first-order chi connectivity index (χ1) is 12.0. The fourth-order valence-electron chi connectivity index (χ4n) is 2.96. The first-order valence-corrected chi connectivity index (χ1v) is 8.77. The van der Waals surface area contributed by atoms with Crippen LogP contribution in [0.25, 0.3) is 0 Å². The van der Waals surface area contributed by atoms with Crippen molar-refractivity contribution in [2.24, 2.45) is 5.92 Å². The van der Waals surface area contributed by atoms with Gasteiger partial charge in [-0.15, -0.1) is 0 Å². The Balaban J connectivity index is 1.78. The van der Waals surface area contributed by atoms with E-state index in [0.29, 0.717) is 18.2 Å². The van der Waals surface area contributed by atoms with Gasteiger partial charge in [0.25, 0.3) is 0 Å². The minimum atomic E-state index is -2.94. The SMILES string of the molecule is CNCCC1CCN(CC(=O)Nc2ccc(OC(F)F)c(Cl)c2)CC1. The van der Waals surface area contributed by atoms with E-state index in [4.69, 9.17) is 11.6 Å². The zero-order valence-corrected chi connectivity index (χ0v) is 15.0. The molecule has 5 nitrogen and oxygen atoms in total. The molecule has 1 amide bonds. The average Bonchev–Trinajstić information content (AvgIpc) is 2.56. The fraction of sp³-hybridized carbons (Fsp3) is 0.588. The number of ether oxygens (including phenoxy) is 1. The third-order valence-electron chi connectivity index (χ3n) is 4.31. The highest BCUT2D eigenvalue weighted by Gasteiger charge is 2.20. The van der Waals surface area contributed by atoms with Crippen molar-refractivity contribution in [1.82, 2.24) is 10.2 Å². The van der Waals surface area contributed by atoms with Crippen LogP contribution in [0.4, 0.5) is 14.5 Å². The van der Waals surface area contributed by atoms with Crippen molar-refractivity contribution in [3.8, 4) is 5.75 Å². The second-order valence-corrected chi connectivity index (χ2v) is 6.59. The van der Waals surface area contributed by atoms with E-state index in [1.54, 1.807) is 0 Å². The van der Waals surface area contributed by atoms with Crippen LogP contribution in [0.2, 0.25) is 5.02 Å². The zero-order chi connectivity index (χ0) is 18.2. The monoisotopic (exact) mass is 375 g/mol. The van der Waals surface area contributed by atoms with Crippen molar-refractivity contribution in [3.05, 3.63) is 23.2 Å².